The zero-order chi connectivity index (χ0) is 16.2. The van der Waals surface area contributed by atoms with Crippen LogP contribution in [0.1, 0.15) is 15.9 Å². The van der Waals surface area contributed by atoms with Gasteiger partial charge in [-0.3, -0.25) is 0 Å². The topological polar surface area (TPSA) is 83.3 Å². The van der Waals surface area contributed by atoms with Crippen LogP contribution in [0.5, 0.6) is 0 Å². The Morgan fingerprint density at radius 1 is 1.17 bits per heavy atom. The summed E-state index contributed by atoms with van der Waals surface area (Å²) in [6.45, 7) is 0. The first-order chi connectivity index (χ1) is 11.1. The molecule has 0 aliphatic rings. The van der Waals surface area contributed by atoms with Crippen LogP contribution in [-0.4, -0.2) is 32.2 Å². The highest BCUT2D eigenvalue weighted by Crippen LogP contribution is 2.16. The number of nitrogens with zero attached hydrogens (tertiary/aromatic N) is 3. The van der Waals surface area contributed by atoms with Crippen molar-refractivity contribution in [1.82, 2.24) is 14.9 Å². The van der Waals surface area contributed by atoms with Gasteiger partial charge in [0, 0.05) is 5.56 Å². The summed E-state index contributed by atoms with van der Waals surface area (Å²) in [6.07, 6.45) is 1.60. The molecule has 1 aromatic heterocycles. The van der Waals surface area contributed by atoms with Crippen LogP contribution in [0.4, 0.5) is 0 Å². The third kappa shape index (κ3) is 3.24. The molecule has 0 unspecified atom stereocenters. The number of aromatic carboxylic acids is 1. The van der Waals surface area contributed by atoms with E-state index in [0.29, 0.717) is 10.6 Å². The summed E-state index contributed by atoms with van der Waals surface area (Å²) in [5, 5.41) is 20.1. The van der Waals surface area contributed by atoms with Gasteiger partial charge < -0.3 is 5.11 Å². The van der Waals surface area contributed by atoms with Crippen molar-refractivity contribution in [2.24, 2.45) is 5.10 Å². The fourth-order valence-electron chi connectivity index (χ4n) is 2.01. The van der Waals surface area contributed by atoms with Crippen LogP contribution >= 0.6 is 12.2 Å². The van der Waals surface area contributed by atoms with E-state index >= 15 is 0 Å². The number of aromatic amines is 1. The monoisotopic (exact) mass is 324 g/mol. The van der Waals surface area contributed by atoms with Crippen LogP contribution in [-0.2, 0) is 0 Å². The number of nitrogens with one attached hydrogen (secondary N) is 1. The van der Waals surface area contributed by atoms with E-state index in [4.69, 9.17) is 17.3 Å². The second-order valence-corrected chi connectivity index (χ2v) is 5.09. The van der Waals surface area contributed by atoms with E-state index in [0.717, 1.165) is 11.1 Å². The molecule has 0 saturated heterocycles. The van der Waals surface area contributed by atoms with Crippen molar-refractivity contribution in [3.8, 4) is 11.4 Å². The maximum absolute atomic E-state index is 10.8. The second-order valence-electron chi connectivity index (χ2n) is 4.70. The molecule has 0 radical (unpaired) electrons. The third-order valence-electron chi connectivity index (χ3n) is 3.16. The van der Waals surface area contributed by atoms with Crippen molar-refractivity contribution < 1.29 is 9.90 Å². The summed E-state index contributed by atoms with van der Waals surface area (Å²) in [4.78, 5) is 10.8. The molecule has 0 aliphatic carbocycles. The minimum atomic E-state index is -0.961. The summed E-state index contributed by atoms with van der Waals surface area (Å²) in [7, 11) is 0. The molecular formula is C16H12N4O2S. The van der Waals surface area contributed by atoms with Crippen molar-refractivity contribution in [3.63, 3.8) is 0 Å². The number of aromatic nitrogens is 3. The Bertz CT molecular complexity index is 911. The van der Waals surface area contributed by atoms with Gasteiger partial charge in [0.15, 0.2) is 5.82 Å². The minimum absolute atomic E-state index is 0.229. The van der Waals surface area contributed by atoms with E-state index in [2.05, 4.69) is 15.3 Å². The molecule has 0 aliphatic heterocycles. The second kappa shape index (κ2) is 6.37. The maximum atomic E-state index is 10.8. The first kappa shape index (κ1) is 14.9. The molecule has 0 bridgehead atoms. The fourth-order valence-corrected chi connectivity index (χ4v) is 2.19. The summed E-state index contributed by atoms with van der Waals surface area (Å²) in [5.41, 5.74) is 1.88. The smallest absolute Gasteiger partial charge is 0.335 e. The number of hydrogen-bond acceptors (Lipinski definition) is 4. The van der Waals surface area contributed by atoms with Crippen molar-refractivity contribution >= 4 is 24.4 Å². The number of benzene rings is 2. The zero-order valence-corrected chi connectivity index (χ0v) is 12.7. The van der Waals surface area contributed by atoms with Crippen LogP contribution < -0.4 is 0 Å². The molecule has 114 valence electrons. The molecule has 2 aromatic carbocycles. The van der Waals surface area contributed by atoms with Crippen LogP contribution in [0.3, 0.4) is 0 Å². The largest absolute Gasteiger partial charge is 0.478 e. The molecule has 3 aromatic rings. The van der Waals surface area contributed by atoms with Crippen molar-refractivity contribution in [1.29, 1.82) is 0 Å². The predicted molar refractivity (Wildman–Crippen MR) is 89.2 cm³/mol. The van der Waals surface area contributed by atoms with Gasteiger partial charge in [-0.15, -0.1) is 0 Å². The summed E-state index contributed by atoms with van der Waals surface area (Å²) in [5.74, 6) is -0.356. The SMILES string of the molecule is O=C(O)c1ccc(/C=N\n2c(-c3ccccc3)n[nH]c2=S)cc1. The summed E-state index contributed by atoms with van der Waals surface area (Å²) < 4.78 is 1.90. The molecule has 23 heavy (non-hydrogen) atoms. The average Bonchev–Trinajstić information content (AvgIpc) is 2.95. The number of rotatable bonds is 4. The molecule has 1 heterocycles. The van der Waals surface area contributed by atoms with E-state index in [9.17, 15) is 4.79 Å². The normalized spacial score (nSPS) is 11.0. The number of carboxylic acid groups (broad SMARTS) is 1. The number of H-pyrrole nitrogens is 1. The lowest BCUT2D eigenvalue weighted by Gasteiger charge is -2.00. The summed E-state index contributed by atoms with van der Waals surface area (Å²) in [6, 6.07) is 16.0. The molecule has 0 atom stereocenters. The molecule has 2 N–H and O–H groups in total. The van der Waals surface area contributed by atoms with Gasteiger partial charge in [0.1, 0.15) is 0 Å². The highest BCUT2D eigenvalue weighted by Gasteiger charge is 2.07. The molecule has 0 saturated carbocycles. The van der Waals surface area contributed by atoms with E-state index in [-0.39, 0.29) is 5.56 Å². The van der Waals surface area contributed by atoms with E-state index in [1.807, 2.05) is 30.3 Å². The van der Waals surface area contributed by atoms with Gasteiger partial charge in [0.2, 0.25) is 4.77 Å². The van der Waals surface area contributed by atoms with Gasteiger partial charge in [-0.1, -0.05) is 42.5 Å². The number of carboxylic acids is 1. The van der Waals surface area contributed by atoms with Gasteiger partial charge >= 0.3 is 5.97 Å². The van der Waals surface area contributed by atoms with E-state index in [1.54, 1.807) is 18.3 Å². The Labute approximate surface area is 136 Å². The number of carbonyl (C=O) groups is 1. The molecule has 0 fully saturated rings. The van der Waals surface area contributed by atoms with E-state index in [1.165, 1.54) is 16.8 Å². The van der Waals surface area contributed by atoms with Crippen LogP contribution in [0.2, 0.25) is 0 Å². The van der Waals surface area contributed by atoms with Crippen LogP contribution in [0.15, 0.2) is 59.7 Å². The molecule has 7 heteroatoms. The van der Waals surface area contributed by atoms with Gasteiger partial charge in [-0.25, -0.2) is 9.89 Å². The fraction of sp³-hybridized carbons (Fsp3) is 0. The van der Waals surface area contributed by atoms with Crippen LogP contribution in [0, 0.1) is 4.77 Å². The Kier molecular flexibility index (Phi) is 4.11. The van der Waals surface area contributed by atoms with Crippen molar-refractivity contribution in [3.05, 3.63) is 70.5 Å². The van der Waals surface area contributed by atoms with Crippen LogP contribution in [0.25, 0.3) is 11.4 Å². The Morgan fingerprint density at radius 3 is 2.52 bits per heavy atom. The Morgan fingerprint density at radius 2 is 1.87 bits per heavy atom. The van der Waals surface area contributed by atoms with Gasteiger partial charge in [-0.05, 0) is 29.9 Å². The van der Waals surface area contributed by atoms with E-state index < -0.39 is 5.97 Å². The molecule has 6 nitrogen and oxygen atoms in total. The zero-order valence-electron chi connectivity index (χ0n) is 11.9. The molecule has 3 rings (SSSR count). The van der Waals surface area contributed by atoms with Gasteiger partial charge in [0.25, 0.3) is 0 Å². The average molecular weight is 324 g/mol. The Hall–Kier alpha value is -3.06. The molecule has 0 spiro atoms. The minimum Gasteiger partial charge on any atom is -0.478 e. The molecule has 0 amide bonds. The lowest BCUT2D eigenvalue weighted by Crippen LogP contribution is -1.97. The first-order valence-corrected chi connectivity index (χ1v) is 7.16. The van der Waals surface area contributed by atoms with Crippen molar-refractivity contribution in [2.45, 2.75) is 0 Å². The summed E-state index contributed by atoms with van der Waals surface area (Å²) >= 11 is 5.20. The first-order valence-electron chi connectivity index (χ1n) is 6.76. The standard InChI is InChI=1S/C16H12N4O2S/c21-15(22)13-8-6-11(7-9-13)10-17-20-14(18-19-16(20)23)12-4-2-1-3-5-12/h1-10H,(H,19,23)(H,21,22)/b17-10-. The number of hydrogen-bond donors (Lipinski definition) is 2. The van der Waals surface area contributed by atoms with Crippen molar-refractivity contribution in [2.75, 3.05) is 0 Å². The lowest BCUT2D eigenvalue weighted by molar-refractivity contribution is 0.0697. The van der Waals surface area contributed by atoms with Gasteiger partial charge in [0.05, 0.1) is 11.8 Å². The highest BCUT2D eigenvalue weighted by atomic mass is 32.1. The third-order valence-corrected chi connectivity index (χ3v) is 3.43. The predicted octanol–water partition coefficient (Wildman–Crippen LogP) is 3.19. The molecular weight excluding hydrogens is 312 g/mol. The van der Waals surface area contributed by atoms with Gasteiger partial charge in [-0.2, -0.15) is 14.9 Å². The quantitative estimate of drug-likeness (QED) is 0.570. The maximum Gasteiger partial charge on any atom is 0.335 e. The highest BCUT2D eigenvalue weighted by molar-refractivity contribution is 7.71. The Balaban J connectivity index is 1.93. The lowest BCUT2D eigenvalue weighted by atomic mass is 10.1.